The molecule has 0 spiro atoms. The lowest BCUT2D eigenvalue weighted by Crippen LogP contribution is -2.45. The van der Waals surface area contributed by atoms with Crippen molar-refractivity contribution < 1.29 is 19.4 Å². The molecule has 2 aliphatic rings. The van der Waals surface area contributed by atoms with Gasteiger partial charge in [-0.3, -0.25) is 4.79 Å². The number of phenolic OH excluding ortho intramolecular Hbond substituents is 1. The minimum atomic E-state index is -0.831. The van der Waals surface area contributed by atoms with Crippen molar-refractivity contribution in [2.24, 2.45) is 16.8 Å². The Hall–Kier alpha value is -2.81. The van der Waals surface area contributed by atoms with Crippen LogP contribution in [0.2, 0.25) is 0 Å². The SMILES string of the molecule is CCC#CC1=NC(=O)NC(c2cccc(O)c2)C1C(=O)OCC1CCCCC1. The molecule has 0 aromatic heterocycles. The highest BCUT2D eigenvalue weighted by molar-refractivity contribution is 6.17. The summed E-state index contributed by atoms with van der Waals surface area (Å²) in [5, 5.41) is 12.6. The zero-order valence-electron chi connectivity index (χ0n) is 16.1. The first-order valence-electron chi connectivity index (χ1n) is 9.92. The molecule has 1 fully saturated rings. The summed E-state index contributed by atoms with van der Waals surface area (Å²) < 4.78 is 5.65. The molecule has 6 heteroatoms. The number of rotatable bonds is 4. The highest BCUT2D eigenvalue weighted by Gasteiger charge is 2.40. The highest BCUT2D eigenvalue weighted by atomic mass is 16.5. The Labute approximate surface area is 165 Å². The van der Waals surface area contributed by atoms with E-state index < -0.39 is 24.0 Å². The van der Waals surface area contributed by atoms with Crippen LogP contribution >= 0.6 is 0 Å². The normalized spacial score (nSPS) is 22.5. The van der Waals surface area contributed by atoms with Crippen molar-refractivity contribution in [3.05, 3.63) is 29.8 Å². The summed E-state index contributed by atoms with van der Waals surface area (Å²) >= 11 is 0. The fraction of sp³-hybridized carbons (Fsp3) is 0.500. The van der Waals surface area contributed by atoms with Gasteiger partial charge >= 0.3 is 12.0 Å². The molecule has 3 rings (SSSR count). The maximum Gasteiger partial charge on any atom is 0.342 e. The van der Waals surface area contributed by atoms with Crippen LogP contribution in [0.15, 0.2) is 29.3 Å². The maximum atomic E-state index is 13.0. The van der Waals surface area contributed by atoms with Crippen LogP contribution in [0.25, 0.3) is 0 Å². The smallest absolute Gasteiger partial charge is 0.342 e. The number of urea groups is 1. The summed E-state index contributed by atoms with van der Waals surface area (Å²) in [4.78, 5) is 29.0. The number of hydrogen-bond acceptors (Lipinski definition) is 4. The van der Waals surface area contributed by atoms with Crippen LogP contribution in [0.1, 0.15) is 57.1 Å². The second-order valence-electron chi connectivity index (χ2n) is 7.29. The van der Waals surface area contributed by atoms with E-state index in [0.717, 1.165) is 12.8 Å². The van der Waals surface area contributed by atoms with Crippen molar-refractivity contribution in [2.45, 2.75) is 51.5 Å². The number of carbonyl (C=O) groups excluding carboxylic acids is 2. The van der Waals surface area contributed by atoms with Crippen LogP contribution < -0.4 is 5.32 Å². The lowest BCUT2D eigenvalue weighted by atomic mass is 9.87. The number of carbonyl (C=O) groups is 2. The first-order chi connectivity index (χ1) is 13.6. The van der Waals surface area contributed by atoms with Gasteiger partial charge in [0.05, 0.1) is 12.6 Å². The summed E-state index contributed by atoms with van der Waals surface area (Å²) in [6.45, 7) is 2.27. The van der Waals surface area contributed by atoms with E-state index in [-0.39, 0.29) is 11.5 Å². The number of aromatic hydroxyl groups is 1. The van der Waals surface area contributed by atoms with E-state index in [4.69, 9.17) is 4.74 Å². The van der Waals surface area contributed by atoms with E-state index in [1.165, 1.54) is 31.4 Å². The van der Waals surface area contributed by atoms with Gasteiger partial charge in [-0.25, -0.2) is 4.79 Å². The van der Waals surface area contributed by atoms with E-state index >= 15 is 0 Å². The summed E-state index contributed by atoms with van der Waals surface area (Å²) in [5.41, 5.74) is 0.825. The van der Waals surface area contributed by atoms with Crippen LogP contribution in [-0.4, -0.2) is 29.4 Å². The molecule has 0 radical (unpaired) electrons. The third-order valence-electron chi connectivity index (χ3n) is 5.19. The van der Waals surface area contributed by atoms with Crippen LogP contribution in [-0.2, 0) is 9.53 Å². The second kappa shape index (κ2) is 9.41. The molecule has 2 amide bonds. The van der Waals surface area contributed by atoms with E-state index in [1.807, 2.05) is 6.92 Å². The molecule has 1 aromatic rings. The molecule has 1 heterocycles. The fourth-order valence-corrected chi connectivity index (χ4v) is 3.76. The third-order valence-corrected chi connectivity index (χ3v) is 5.19. The number of nitrogens with zero attached hydrogens (tertiary/aromatic N) is 1. The molecule has 1 saturated carbocycles. The number of phenols is 1. The average molecular weight is 382 g/mol. The predicted octanol–water partition coefficient (Wildman–Crippen LogP) is 3.75. The molecule has 6 nitrogen and oxygen atoms in total. The molecule has 0 bridgehead atoms. The van der Waals surface area contributed by atoms with E-state index in [2.05, 4.69) is 22.2 Å². The number of amides is 2. The standard InChI is InChI=1S/C22H26N2O4/c1-2-3-12-18-19(21(26)28-14-15-8-5-4-6-9-15)20(24-22(27)23-18)16-10-7-11-17(25)13-16/h7,10-11,13,15,19-20,25H,2,4-6,8-9,14H2,1H3,(H,24,27). The van der Waals surface area contributed by atoms with E-state index in [0.29, 0.717) is 24.5 Å². The third kappa shape index (κ3) is 4.92. The number of aliphatic imine (C=N–C) groups is 1. The van der Waals surface area contributed by atoms with Gasteiger partial charge in [0.25, 0.3) is 0 Å². The summed E-state index contributed by atoms with van der Waals surface area (Å²) in [6, 6.07) is 5.26. The van der Waals surface area contributed by atoms with Crippen molar-refractivity contribution in [1.82, 2.24) is 5.32 Å². The Morgan fingerprint density at radius 1 is 1.32 bits per heavy atom. The number of ether oxygens (including phenoxy) is 1. The Bertz CT molecular complexity index is 815. The van der Waals surface area contributed by atoms with Gasteiger partial charge in [-0.1, -0.05) is 50.2 Å². The number of hydrogen-bond donors (Lipinski definition) is 2. The molecule has 1 aliphatic heterocycles. The zero-order chi connectivity index (χ0) is 19.9. The number of benzene rings is 1. The van der Waals surface area contributed by atoms with Crippen molar-refractivity contribution in [1.29, 1.82) is 0 Å². The van der Waals surface area contributed by atoms with Crippen molar-refractivity contribution in [2.75, 3.05) is 6.61 Å². The van der Waals surface area contributed by atoms with Gasteiger partial charge in [0.2, 0.25) is 0 Å². The number of esters is 1. The van der Waals surface area contributed by atoms with E-state index in [9.17, 15) is 14.7 Å². The van der Waals surface area contributed by atoms with Crippen LogP contribution in [0.4, 0.5) is 4.79 Å². The molecule has 148 valence electrons. The topological polar surface area (TPSA) is 88.0 Å². The van der Waals surface area contributed by atoms with E-state index in [1.54, 1.807) is 12.1 Å². The fourth-order valence-electron chi connectivity index (χ4n) is 3.76. The average Bonchev–Trinajstić information content (AvgIpc) is 2.70. The van der Waals surface area contributed by atoms with Gasteiger partial charge in [-0.2, -0.15) is 4.99 Å². The van der Waals surface area contributed by atoms with Gasteiger partial charge in [0.15, 0.2) is 0 Å². The Balaban J connectivity index is 1.85. The monoisotopic (exact) mass is 382 g/mol. The number of nitrogens with one attached hydrogen (secondary N) is 1. The minimum Gasteiger partial charge on any atom is -0.508 e. The lowest BCUT2D eigenvalue weighted by Gasteiger charge is -2.30. The molecule has 2 N–H and O–H groups in total. The first-order valence-corrected chi connectivity index (χ1v) is 9.92. The molecule has 1 aliphatic carbocycles. The van der Waals surface area contributed by atoms with Crippen molar-refractivity contribution in [3.63, 3.8) is 0 Å². The Kier molecular flexibility index (Phi) is 6.70. The molecule has 1 aromatic carbocycles. The summed E-state index contributed by atoms with van der Waals surface area (Å²) in [5.74, 6) is 4.93. The maximum absolute atomic E-state index is 13.0. The summed E-state index contributed by atoms with van der Waals surface area (Å²) in [6.07, 6.45) is 6.30. The van der Waals surface area contributed by atoms with Crippen molar-refractivity contribution >= 4 is 17.7 Å². The van der Waals surface area contributed by atoms with Gasteiger partial charge in [0.1, 0.15) is 17.4 Å². The van der Waals surface area contributed by atoms with Gasteiger partial charge in [-0.15, -0.1) is 0 Å². The Morgan fingerprint density at radius 3 is 2.82 bits per heavy atom. The molecular weight excluding hydrogens is 356 g/mol. The Morgan fingerprint density at radius 2 is 2.11 bits per heavy atom. The molecule has 2 atom stereocenters. The molecule has 28 heavy (non-hydrogen) atoms. The van der Waals surface area contributed by atoms with Crippen LogP contribution in [0.3, 0.4) is 0 Å². The molecule has 2 unspecified atom stereocenters. The first kappa shape index (κ1) is 19.9. The quantitative estimate of drug-likeness (QED) is 0.613. The minimum absolute atomic E-state index is 0.0600. The summed E-state index contributed by atoms with van der Waals surface area (Å²) in [7, 11) is 0. The predicted molar refractivity (Wildman–Crippen MR) is 106 cm³/mol. The molecular formula is C22H26N2O4. The van der Waals surface area contributed by atoms with Crippen molar-refractivity contribution in [3.8, 4) is 17.6 Å². The highest BCUT2D eigenvalue weighted by Crippen LogP contribution is 2.31. The largest absolute Gasteiger partial charge is 0.508 e. The molecule has 0 saturated heterocycles. The second-order valence-corrected chi connectivity index (χ2v) is 7.29. The van der Waals surface area contributed by atoms with Gasteiger partial charge < -0.3 is 15.2 Å². The van der Waals surface area contributed by atoms with Gasteiger partial charge in [0, 0.05) is 6.42 Å². The lowest BCUT2D eigenvalue weighted by molar-refractivity contribution is -0.148. The zero-order valence-corrected chi connectivity index (χ0v) is 16.1. The van der Waals surface area contributed by atoms with Gasteiger partial charge in [-0.05, 0) is 36.5 Å². The van der Waals surface area contributed by atoms with Crippen LogP contribution in [0, 0.1) is 23.7 Å². The van der Waals surface area contributed by atoms with Crippen LogP contribution in [0.5, 0.6) is 5.75 Å².